The highest BCUT2D eigenvalue weighted by molar-refractivity contribution is 5.58. The fourth-order valence-electron chi connectivity index (χ4n) is 3.91. The van der Waals surface area contributed by atoms with E-state index in [-0.39, 0.29) is 5.60 Å². The second kappa shape index (κ2) is 6.71. The summed E-state index contributed by atoms with van der Waals surface area (Å²) in [4.78, 5) is 2.54. The van der Waals surface area contributed by atoms with E-state index in [9.17, 15) is 0 Å². The number of aryl methyl sites for hydroxylation is 1. The van der Waals surface area contributed by atoms with Gasteiger partial charge in [-0.2, -0.15) is 0 Å². The largest absolute Gasteiger partial charge is 0.461 e. The van der Waals surface area contributed by atoms with Crippen LogP contribution in [0.5, 0.6) is 0 Å². The Morgan fingerprint density at radius 3 is 2.83 bits per heavy atom. The first-order valence-corrected chi connectivity index (χ1v) is 8.95. The molecule has 0 aliphatic carbocycles. The van der Waals surface area contributed by atoms with Gasteiger partial charge in [0, 0.05) is 25.2 Å². The van der Waals surface area contributed by atoms with Crippen molar-refractivity contribution in [3.63, 3.8) is 0 Å². The van der Waals surface area contributed by atoms with Gasteiger partial charge in [-0.15, -0.1) is 0 Å². The second-order valence-electron chi connectivity index (χ2n) is 7.10. The molecule has 0 unspecified atom stereocenters. The maximum Gasteiger partial charge on any atom is 0.134 e. The van der Waals surface area contributed by atoms with E-state index < -0.39 is 0 Å². The van der Waals surface area contributed by atoms with E-state index in [1.807, 2.05) is 19.1 Å². The third-order valence-electron chi connectivity index (χ3n) is 5.20. The van der Waals surface area contributed by atoms with Gasteiger partial charge in [0.2, 0.25) is 0 Å². The van der Waals surface area contributed by atoms with Crippen LogP contribution in [0.3, 0.4) is 0 Å². The molecule has 2 aliphatic heterocycles. The average Bonchev–Trinajstić information content (AvgIpc) is 3.02. The van der Waals surface area contributed by atoms with Crippen molar-refractivity contribution < 1.29 is 9.15 Å². The van der Waals surface area contributed by atoms with Crippen molar-refractivity contribution in [1.82, 2.24) is 10.2 Å². The smallest absolute Gasteiger partial charge is 0.134 e. The summed E-state index contributed by atoms with van der Waals surface area (Å²) < 4.78 is 11.9. The predicted octanol–water partition coefficient (Wildman–Crippen LogP) is 3.21. The summed E-state index contributed by atoms with van der Waals surface area (Å²) in [6.45, 7) is 8.00. The van der Waals surface area contributed by atoms with Crippen LogP contribution >= 0.6 is 0 Å². The highest BCUT2D eigenvalue weighted by Crippen LogP contribution is 2.29. The van der Waals surface area contributed by atoms with E-state index in [1.54, 1.807) is 0 Å². The molecule has 24 heavy (non-hydrogen) atoms. The average molecular weight is 326 g/mol. The molecule has 1 N–H and O–H groups in total. The summed E-state index contributed by atoms with van der Waals surface area (Å²) in [5.41, 5.74) is 2.57. The highest BCUT2D eigenvalue weighted by atomic mass is 16.5. The molecule has 2 aromatic rings. The van der Waals surface area contributed by atoms with Gasteiger partial charge in [0.25, 0.3) is 0 Å². The number of rotatable bonds is 3. The van der Waals surface area contributed by atoms with Crippen molar-refractivity contribution in [3.8, 4) is 11.3 Å². The Bertz CT molecular complexity index is 683. The number of ether oxygens (including phenoxy) is 1. The van der Waals surface area contributed by atoms with E-state index in [0.717, 1.165) is 69.3 Å². The number of hydrogen-bond acceptors (Lipinski definition) is 4. The van der Waals surface area contributed by atoms with Crippen molar-refractivity contribution in [1.29, 1.82) is 0 Å². The Hall–Kier alpha value is -1.62. The molecular weight excluding hydrogens is 300 g/mol. The molecule has 128 valence electrons. The zero-order chi connectivity index (χ0) is 16.4. The third kappa shape index (κ3) is 3.41. The summed E-state index contributed by atoms with van der Waals surface area (Å²) in [6.07, 6.45) is 2.24. The summed E-state index contributed by atoms with van der Waals surface area (Å²) in [5, 5.41) is 3.44. The standard InChI is InChI=1S/C20H26N2O2/c1-16-5-6-19(24-16)18-4-2-3-17(13-18)14-22-11-12-23-20(15-22)7-9-21-10-8-20/h2-6,13,21H,7-12,14-15H2,1H3. The molecule has 2 saturated heterocycles. The fraction of sp³-hybridized carbons (Fsp3) is 0.500. The first-order valence-electron chi connectivity index (χ1n) is 8.95. The minimum Gasteiger partial charge on any atom is -0.461 e. The zero-order valence-electron chi connectivity index (χ0n) is 14.4. The lowest BCUT2D eigenvalue weighted by molar-refractivity contribution is -0.125. The molecular formula is C20H26N2O2. The summed E-state index contributed by atoms with van der Waals surface area (Å²) in [5.74, 6) is 1.91. The Labute approximate surface area is 143 Å². The van der Waals surface area contributed by atoms with Crippen LogP contribution in [0.15, 0.2) is 40.8 Å². The third-order valence-corrected chi connectivity index (χ3v) is 5.20. The Morgan fingerprint density at radius 1 is 1.17 bits per heavy atom. The SMILES string of the molecule is Cc1ccc(-c2cccc(CN3CCOC4(CCNCC4)C3)c2)o1. The van der Waals surface area contributed by atoms with Crippen LogP contribution in [0.4, 0.5) is 0 Å². The highest BCUT2D eigenvalue weighted by Gasteiger charge is 2.37. The van der Waals surface area contributed by atoms with Crippen molar-refractivity contribution in [2.24, 2.45) is 0 Å². The van der Waals surface area contributed by atoms with Crippen LogP contribution in [0.1, 0.15) is 24.2 Å². The minimum absolute atomic E-state index is 0.0687. The lowest BCUT2D eigenvalue weighted by Gasteiger charge is -2.45. The van der Waals surface area contributed by atoms with Crippen LogP contribution in [0.2, 0.25) is 0 Å². The van der Waals surface area contributed by atoms with Crippen LogP contribution in [0.25, 0.3) is 11.3 Å². The molecule has 1 aromatic carbocycles. The molecule has 0 bridgehead atoms. The molecule has 2 aliphatic rings. The van der Waals surface area contributed by atoms with Crippen LogP contribution < -0.4 is 5.32 Å². The number of piperidine rings is 1. The van der Waals surface area contributed by atoms with Crippen molar-refractivity contribution in [2.75, 3.05) is 32.8 Å². The maximum absolute atomic E-state index is 6.17. The van der Waals surface area contributed by atoms with Crippen molar-refractivity contribution in [3.05, 3.63) is 47.7 Å². The molecule has 4 nitrogen and oxygen atoms in total. The van der Waals surface area contributed by atoms with E-state index in [0.29, 0.717) is 0 Å². The van der Waals surface area contributed by atoms with Gasteiger partial charge in [0.1, 0.15) is 11.5 Å². The topological polar surface area (TPSA) is 37.6 Å². The van der Waals surface area contributed by atoms with Gasteiger partial charge in [0.15, 0.2) is 0 Å². The van der Waals surface area contributed by atoms with E-state index in [2.05, 4.69) is 34.5 Å². The molecule has 4 heteroatoms. The predicted molar refractivity (Wildman–Crippen MR) is 94.9 cm³/mol. The van der Waals surface area contributed by atoms with Gasteiger partial charge in [-0.05, 0) is 56.6 Å². The number of benzene rings is 1. The molecule has 0 atom stereocenters. The molecule has 2 fully saturated rings. The van der Waals surface area contributed by atoms with Gasteiger partial charge in [0.05, 0.1) is 12.2 Å². The molecule has 1 spiro atoms. The van der Waals surface area contributed by atoms with Gasteiger partial charge in [-0.1, -0.05) is 18.2 Å². The van der Waals surface area contributed by atoms with Crippen LogP contribution in [-0.2, 0) is 11.3 Å². The quantitative estimate of drug-likeness (QED) is 0.940. The Morgan fingerprint density at radius 2 is 2.04 bits per heavy atom. The molecule has 0 saturated carbocycles. The number of morpholine rings is 1. The van der Waals surface area contributed by atoms with Gasteiger partial charge >= 0.3 is 0 Å². The minimum atomic E-state index is 0.0687. The number of nitrogens with zero attached hydrogens (tertiary/aromatic N) is 1. The normalized spacial score (nSPS) is 21.2. The Balaban J connectivity index is 1.47. The van der Waals surface area contributed by atoms with Gasteiger partial charge < -0.3 is 14.5 Å². The lowest BCUT2D eigenvalue weighted by atomic mass is 9.90. The summed E-state index contributed by atoms with van der Waals surface area (Å²) >= 11 is 0. The maximum atomic E-state index is 6.17. The molecule has 4 rings (SSSR count). The zero-order valence-corrected chi connectivity index (χ0v) is 14.4. The van der Waals surface area contributed by atoms with Crippen LogP contribution in [-0.4, -0.2) is 43.3 Å². The molecule has 1 aromatic heterocycles. The van der Waals surface area contributed by atoms with Crippen molar-refractivity contribution >= 4 is 0 Å². The lowest BCUT2D eigenvalue weighted by Crippen LogP contribution is -2.55. The Kier molecular flexibility index (Phi) is 4.44. The number of furan rings is 1. The van der Waals surface area contributed by atoms with Gasteiger partial charge in [-0.25, -0.2) is 0 Å². The number of hydrogen-bond donors (Lipinski definition) is 1. The summed E-state index contributed by atoms with van der Waals surface area (Å²) in [6, 6.07) is 12.8. The van der Waals surface area contributed by atoms with Crippen molar-refractivity contribution in [2.45, 2.75) is 31.9 Å². The molecule has 3 heterocycles. The molecule has 0 amide bonds. The first-order chi connectivity index (χ1) is 11.7. The van der Waals surface area contributed by atoms with E-state index in [4.69, 9.17) is 9.15 Å². The monoisotopic (exact) mass is 326 g/mol. The van der Waals surface area contributed by atoms with E-state index in [1.165, 1.54) is 5.56 Å². The number of nitrogens with one attached hydrogen (secondary N) is 1. The van der Waals surface area contributed by atoms with E-state index >= 15 is 0 Å². The summed E-state index contributed by atoms with van der Waals surface area (Å²) in [7, 11) is 0. The first kappa shape index (κ1) is 15.9. The second-order valence-corrected chi connectivity index (χ2v) is 7.10. The fourth-order valence-corrected chi connectivity index (χ4v) is 3.91. The van der Waals surface area contributed by atoms with Crippen LogP contribution in [0, 0.1) is 6.92 Å². The molecule has 0 radical (unpaired) electrons. The van der Waals surface area contributed by atoms with Gasteiger partial charge in [-0.3, -0.25) is 4.90 Å².